The summed E-state index contributed by atoms with van der Waals surface area (Å²) >= 11 is 0. The number of nitrogens with one attached hydrogen (secondary N) is 2. The summed E-state index contributed by atoms with van der Waals surface area (Å²) in [6.07, 6.45) is 2.10. The molecule has 5 nitrogen and oxygen atoms in total. The first-order chi connectivity index (χ1) is 6.63. The van der Waals surface area contributed by atoms with Gasteiger partial charge in [0.25, 0.3) is 0 Å². The van der Waals surface area contributed by atoms with E-state index >= 15 is 0 Å². The van der Waals surface area contributed by atoms with Crippen LogP contribution in [0, 0.1) is 5.92 Å². The Morgan fingerprint density at radius 2 is 2.21 bits per heavy atom. The molecule has 1 saturated carbocycles. The van der Waals surface area contributed by atoms with Gasteiger partial charge in [0.2, 0.25) is 0 Å². The number of hydrogen-bond donors (Lipinski definition) is 3. The number of rotatable bonds is 5. The van der Waals surface area contributed by atoms with Crippen molar-refractivity contribution in [3.8, 4) is 0 Å². The number of amides is 2. The van der Waals surface area contributed by atoms with Crippen LogP contribution in [0.25, 0.3) is 0 Å². The van der Waals surface area contributed by atoms with Crippen LogP contribution in [0.15, 0.2) is 0 Å². The first kappa shape index (κ1) is 10.8. The highest BCUT2D eigenvalue weighted by molar-refractivity contribution is 5.75. The largest absolute Gasteiger partial charge is 0.481 e. The van der Waals surface area contributed by atoms with E-state index in [9.17, 15) is 9.59 Å². The smallest absolute Gasteiger partial charge is 0.315 e. The minimum Gasteiger partial charge on any atom is -0.481 e. The molecule has 0 bridgehead atoms. The molecule has 1 aliphatic rings. The molecule has 0 aromatic carbocycles. The Kier molecular flexibility index (Phi) is 3.73. The summed E-state index contributed by atoms with van der Waals surface area (Å²) in [7, 11) is 0. The molecule has 2 amide bonds. The van der Waals surface area contributed by atoms with E-state index in [0.717, 1.165) is 12.8 Å². The van der Waals surface area contributed by atoms with Gasteiger partial charge in [-0.25, -0.2) is 4.79 Å². The van der Waals surface area contributed by atoms with E-state index in [-0.39, 0.29) is 19.0 Å². The monoisotopic (exact) mass is 200 g/mol. The van der Waals surface area contributed by atoms with E-state index in [1.807, 2.05) is 0 Å². The Morgan fingerprint density at radius 1 is 1.50 bits per heavy atom. The molecule has 2 atom stereocenters. The number of carboxylic acids is 1. The van der Waals surface area contributed by atoms with Gasteiger partial charge in [0.05, 0.1) is 6.42 Å². The lowest BCUT2D eigenvalue weighted by Gasteiger charge is -2.05. The summed E-state index contributed by atoms with van der Waals surface area (Å²) in [4.78, 5) is 21.3. The molecule has 3 N–H and O–H groups in total. The quantitative estimate of drug-likeness (QED) is 0.606. The van der Waals surface area contributed by atoms with Crippen molar-refractivity contribution in [1.29, 1.82) is 0 Å². The summed E-state index contributed by atoms with van der Waals surface area (Å²) in [6, 6.07) is 0.0389. The average Bonchev–Trinajstić information content (AvgIpc) is 2.82. The van der Waals surface area contributed by atoms with Gasteiger partial charge in [0.1, 0.15) is 0 Å². The van der Waals surface area contributed by atoms with Crippen LogP contribution < -0.4 is 10.6 Å². The molecular weight excluding hydrogens is 184 g/mol. The molecule has 0 radical (unpaired) electrons. The zero-order valence-corrected chi connectivity index (χ0v) is 8.25. The molecule has 1 rings (SSSR count). The number of carbonyl (C=O) groups excluding carboxylic acids is 1. The molecule has 0 heterocycles. The van der Waals surface area contributed by atoms with E-state index in [2.05, 4.69) is 17.6 Å². The summed E-state index contributed by atoms with van der Waals surface area (Å²) in [5, 5.41) is 13.6. The third-order valence-electron chi connectivity index (χ3n) is 2.39. The van der Waals surface area contributed by atoms with Crippen LogP contribution in [0.5, 0.6) is 0 Å². The topological polar surface area (TPSA) is 78.4 Å². The predicted octanol–water partition coefficient (Wildman–Crippen LogP) is 0.559. The van der Waals surface area contributed by atoms with Crippen molar-refractivity contribution < 1.29 is 14.7 Å². The lowest BCUT2D eigenvalue weighted by Crippen LogP contribution is -2.38. The van der Waals surface area contributed by atoms with Crippen molar-refractivity contribution in [2.24, 2.45) is 5.92 Å². The van der Waals surface area contributed by atoms with Gasteiger partial charge in [0, 0.05) is 12.6 Å². The van der Waals surface area contributed by atoms with Gasteiger partial charge >= 0.3 is 12.0 Å². The maximum Gasteiger partial charge on any atom is 0.315 e. The van der Waals surface area contributed by atoms with Gasteiger partial charge < -0.3 is 15.7 Å². The van der Waals surface area contributed by atoms with Crippen molar-refractivity contribution >= 4 is 12.0 Å². The van der Waals surface area contributed by atoms with E-state index in [1.54, 1.807) is 0 Å². The third kappa shape index (κ3) is 3.64. The second-order valence-electron chi connectivity index (χ2n) is 3.55. The van der Waals surface area contributed by atoms with Gasteiger partial charge in [-0.15, -0.1) is 0 Å². The number of carbonyl (C=O) groups is 2. The Bertz CT molecular complexity index is 230. The maximum atomic E-state index is 11.1. The molecule has 14 heavy (non-hydrogen) atoms. The molecule has 0 spiro atoms. The first-order valence-electron chi connectivity index (χ1n) is 4.89. The third-order valence-corrected chi connectivity index (χ3v) is 2.39. The van der Waals surface area contributed by atoms with Crippen molar-refractivity contribution in [3.63, 3.8) is 0 Å². The fourth-order valence-corrected chi connectivity index (χ4v) is 1.38. The number of aliphatic carboxylic acids is 1. The highest BCUT2D eigenvalue weighted by atomic mass is 16.4. The number of hydrogen-bond acceptors (Lipinski definition) is 2. The average molecular weight is 200 g/mol. The van der Waals surface area contributed by atoms with Gasteiger partial charge in [-0.2, -0.15) is 0 Å². The molecule has 0 aromatic heterocycles. The predicted molar refractivity (Wildman–Crippen MR) is 51.0 cm³/mol. The molecular formula is C9H16N2O3. The standard InChI is InChI=1S/C9H16N2O3/c1-2-6-5-7(6)11-9(14)10-4-3-8(12)13/h6-7H,2-5H2,1H3,(H,12,13)(H2,10,11,14)/t6-,7-/m1/s1. The van der Waals surface area contributed by atoms with Crippen molar-refractivity contribution in [1.82, 2.24) is 10.6 Å². The van der Waals surface area contributed by atoms with Crippen LogP contribution in [-0.4, -0.2) is 29.7 Å². The van der Waals surface area contributed by atoms with Crippen molar-refractivity contribution in [2.75, 3.05) is 6.54 Å². The second-order valence-corrected chi connectivity index (χ2v) is 3.55. The summed E-state index contributed by atoms with van der Waals surface area (Å²) in [6.45, 7) is 2.28. The highest BCUT2D eigenvalue weighted by Crippen LogP contribution is 2.32. The van der Waals surface area contributed by atoms with E-state index in [4.69, 9.17) is 5.11 Å². The lowest BCUT2D eigenvalue weighted by molar-refractivity contribution is -0.136. The van der Waals surface area contributed by atoms with E-state index in [0.29, 0.717) is 12.0 Å². The van der Waals surface area contributed by atoms with Gasteiger partial charge in [0.15, 0.2) is 0 Å². The van der Waals surface area contributed by atoms with Crippen LogP contribution in [0.4, 0.5) is 4.79 Å². The molecule has 1 fully saturated rings. The summed E-state index contributed by atoms with van der Waals surface area (Å²) in [5.41, 5.74) is 0. The number of urea groups is 1. The second kappa shape index (κ2) is 4.83. The molecule has 0 unspecified atom stereocenters. The Hall–Kier alpha value is -1.26. The minimum absolute atomic E-state index is 0.0324. The Balaban J connectivity index is 2.03. The molecule has 0 aromatic rings. The lowest BCUT2D eigenvalue weighted by atomic mass is 10.3. The minimum atomic E-state index is -0.900. The first-order valence-corrected chi connectivity index (χ1v) is 4.89. The van der Waals surface area contributed by atoms with Crippen LogP contribution >= 0.6 is 0 Å². The molecule has 0 saturated heterocycles. The van der Waals surface area contributed by atoms with Crippen molar-refractivity contribution in [3.05, 3.63) is 0 Å². The van der Waals surface area contributed by atoms with Crippen LogP contribution in [0.3, 0.4) is 0 Å². The zero-order chi connectivity index (χ0) is 10.6. The summed E-state index contributed by atoms with van der Waals surface area (Å²) in [5.74, 6) is -0.289. The Morgan fingerprint density at radius 3 is 2.71 bits per heavy atom. The SMILES string of the molecule is CC[C@@H]1C[C@H]1NC(=O)NCCC(=O)O. The van der Waals surface area contributed by atoms with E-state index < -0.39 is 5.97 Å². The van der Waals surface area contributed by atoms with Gasteiger partial charge in [-0.3, -0.25) is 4.79 Å². The highest BCUT2D eigenvalue weighted by Gasteiger charge is 2.36. The zero-order valence-electron chi connectivity index (χ0n) is 8.25. The molecule has 0 aliphatic heterocycles. The van der Waals surface area contributed by atoms with Gasteiger partial charge in [-0.1, -0.05) is 13.3 Å². The van der Waals surface area contributed by atoms with Gasteiger partial charge in [-0.05, 0) is 12.3 Å². The Labute approximate surface area is 82.9 Å². The molecule has 5 heteroatoms. The number of carboxylic acid groups (broad SMARTS) is 1. The normalized spacial score (nSPS) is 24.1. The maximum absolute atomic E-state index is 11.1. The molecule has 1 aliphatic carbocycles. The fraction of sp³-hybridized carbons (Fsp3) is 0.778. The molecule has 80 valence electrons. The van der Waals surface area contributed by atoms with E-state index in [1.165, 1.54) is 0 Å². The van der Waals surface area contributed by atoms with Crippen LogP contribution in [0.1, 0.15) is 26.2 Å². The summed E-state index contributed by atoms with van der Waals surface area (Å²) < 4.78 is 0. The van der Waals surface area contributed by atoms with Crippen LogP contribution in [0.2, 0.25) is 0 Å². The van der Waals surface area contributed by atoms with Crippen LogP contribution in [-0.2, 0) is 4.79 Å². The van der Waals surface area contributed by atoms with Crippen molar-refractivity contribution in [2.45, 2.75) is 32.2 Å². The fourth-order valence-electron chi connectivity index (χ4n) is 1.38.